The third kappa shape index (κ3) is 4.57. The molecule has 0 spiro atoms. The van der Waals surface area contributed by atoms with Crippen LogP contribution in [0, 0.1) is 6.92 Å². The van der Waals surface area contributed by atoms with Crippen molar-refractivity contribution in [2.75, 3.05) is 17.2 Å². The van der Waals surface area contributed by atoms with E-state index in [1.807, 2.05) is 17.1 Å². The third-order valence-corrected chi connectivity index (χ3v) is 7.04. The molecule has 0 aliphatic carbocycles. The molecule has 0 radical (unpaired) electrons. The van der Waals surface area contributed by atoms with Gasteiger partial charge in [-0.15, -0.1) is 5.10 Å². The van der Waals surface area contributed by atoms with Crippen LogP contribution in [0.25, 0.3) is 16.6 Å². The number of rotatable bonds is 6. The van der Waals surface area contributed by atoms with Gasteiger partial charge >= 0.3 is 0 Å². The van der Waals surface area contributed by atoms with E-state index in [4.69, 9.17) is 15.8 Å². The topological polar surface area (TPSA) is 110 Å². The number of fused-ring (bicyclic) bond motifs is 3. The van der Waals surface area contributed by atoms with Crippen molar-refractivity contribution < 1.29 is 5.11 Å². The van der Waals surface area contributed by atoms with E-state index in [1.165, 1.54) is 11.1 Å². The van der Waals surface area contributed by atoms with Gasteiger partial charge in [0.2, 0.25) is 5.95 Å². The van der Waals surface area contributed by atoms with Crippen LogP contribution in [0.4, 0.5) is 11.6 Å². The summed E-state index contributed by atoms with van der Waals surface area (Å²) in [5.74, 6) is 1.35. The van der Waals surface area contributed by atoms with Crippen LogP contribution in [-0.4, -0.2) is 52.7 Å². The molecule has 1 aromatic carbocycles. The lowest BCUT2D eigenvalue weighted by Gasteiger charge is -2.37. The Morgan fingerprint density at radius 1 is 1.20 bits per heavy atom. The second-order valence-corrected chi connectivity index (χ2v) is 10.7. The fourth-order valence-electron chi connectivity index (χ4n) is 5.22. The molecule has 1 saturated heterocycles. The molecule has 35 heavy (non-hydrogen) atoms. The Morgan fingerprint density at radius 2 is 2.00 bits per heavy atom. The molecular formula is C26H36N8O. The first kappa shape index (κ1) is 23.5. The molecule has 9 nitrogen and oxygen atoms in total. The quantitative estimate of drug-likeness (QED) is 0.435. The van der Waals surface area contributed by atoms with Crippen molar-refractivity contribution in [3.05, 3.63) is 41.5 Å². The van der Waals surface area contributed by atoms with E-state index < -0.39 is 5.60 Å². The Morgan fingerprint density at radius 3 is 2.74 bits per heavy atom. The van der Waals surface area contributed by atoms with Gasteiger partial charge in [-0.25, -0.2) is 9.97 Å². The Hall–Kier alpha value is -3.20. The third-order valence-electron chi connectivity index (χ3n) is 7.04. The zero-order valence-electron chi connectivity index (χ0n) is 21.4. The minimum atomic E-state index is -0.813. The molecule has 0 amide bonds. The summed E-state index contributed by atoms with van der Waals surface area (Å²) in [6.07, 6.45) is 8.06. The van der Waals surface area contributed by atoms with Gasteiger partial charge in [-0.2, -0.15) is 9.61 Å². The van der Waals surface area contributed by atoms with Gasteiger partial charge in [0.1, 0.15) is 0 Å². The molecule has 1 aliphatic rings. The smallest absolute Gasteiger partial charge is 0.223 e. The van der Waals surface area contributed by atoms with Crippen LogP contribution in [0.5, 0.6) is 0 Å². The lowest BCUT2D eigenvalue weighted by Crippen LogP contribution is -2.41. The Balaban J connectivity index is 1.48. The minimum absolute atomic E-state index is 0.179. The lowest BCUT2D eigenvalue weighted by atomic mass is 9.92. The average Bonchev–Trinajstić information content (AvgIpc) is 3.42. The normalized spacial score (nSPS) is 19.2. The van der Waals surface area contributed by atoms with Gasteiger partial charge in [-0.05, 0) is 70.2 Å². The van der Waals surface area contributed by atoms with E-state index in [0.717, 1.165) is 60.3 Å². The molecule has 3 aromatic heterocycles. The van der Waals surface area contributed by atoms with Gasteiger partial charge in [-0.3, -0.25) is 4.68 Å². The Kier molecular flexibility index (Phi) is 5.91. The van der Waals surface area contributed by atoms with Crippen molar-refractivity contribution in [1.29, 1.82) is 0 Å². The first-order valence-electron chi connectivity index (χ1n) is 12.6. The summed E-state index contributed by atoms with van der Waals surface area (Å²) < 4.78 is 3.51. The molecule has 4 heterocycles. The molecule has 2 atom stereocenters. The number of aromatic nitrogens is 6. The molecule has 0 unspecified atom stereocenters. The molecule has 0 bridgehead atoms. The van der Waals surface area contributed by atoms with Gasteiger partial charge in [0, 0.05) is 30.1 Å². The number of anilines is 2. The molecule has 9 heteroatoms. The standard InChI is InChI=1S/C26H36N8O/c1-6-7-18-11-21-22(10-16(18)2)29-25(27)34-24(21)30-23(31-34)19-9-8-17(3)33(13-19)20-12-28-32(14-20)15-26(4,5)35/h10-12,14,17,19,35H,6-9,13,15H2,1-5H3,(H2,27,29)/t17-,19+/m0/s1. The fourth-order valence-corrected chi connectivity index (χ4v) is 5.22. The maximum atomic E-state index is 10.2. The molecule has 1 fully saturated rings. The van der Waals surface area contributed by atoms with Crippen molar-refractivity contribution >= 4 is 28.2 Å². The Labute approximate surface area is 206 Å². The SMILES string of the molecule is CCCc1cc2c(cc1C)nc(N)n1nc([C@@H]3CC[C@H](C)N(c4cnn(CC(C)(C)O)c4)C3)nc21. The van der Waals surface area contributed by atoms with Crippen LogP contribution in [-0.2, 0) is 13.0 Å². The maximum absolute atomic E-state index is 10.2. The van der Waals surface area contributed by atoms with E-state index in [2.05, 4.69) is 47.9 Å². The molecule has 4 aromatic rings. The molecule has 5 rings (SSSR count). The van der Waals surface area contributed by atoms with Gasteiger partial charge < -0.3 is 15.7 Å². The highest BCUT2D eigenvalue weighted by Crippen LogP contribution is 2.33. The average molecular weight is 477 g/mol. The maximum Gasteiger partial charge on any atom is 0.223 e. The second kappa shape index (κ2) is 8.78. The largest absolute Gasteiger partial charge is 0.389 e. The predicted molar refractivity (Wildman–Crippen MR) is 139 cm³/mol. The summed E-state index contributed by atoms with van der Waals surface area (Å²) in [7, 11) is 0. The van der Waals surface area contributed by atoms with Gasteiger partial charge in [0.15, 0.2) is 11.5 Å². The highest BCUT2D eigenvalue weighted by Gasteiger charge is 2.30. The number of aryl methyl sites for hydroxylation is 2. The number of nitrogens with two attached hydrogens (primary N) is 1. The number of nitrogens with zero attached hydrogens (tertiary/aromatic N) is 7. The summed E-state index contributed by atoms with van der Waals surface area (Å²) in [4.78, 5) is 12.0. The highest BCUT2D eigenvalue weighted by atomic mass is 16.3. The van der Waals surface area contributed by atoms with Crippen molar-refractivity contribution in [3.63, 3.8) is 0 Å². The van der Waals surface area contributed by atoms with E-state index in [0.29, 0.717) is 18.5 Å². The first-order valence-corrected chi connectivity index (χ1v) is 12.6. The number of piperidine rings is 1. The van der Waals surface area contributed by atoms with Crippen molar-refractivity contribution in [1.82, 2.24) is 29.4 Å². The van der Waals surface area contributed by atoms with Crippen LogP contribution in [0.15, 0.2) is 24.5 Å². The number of benzene rings is 1. The number of hydrogen-bond donors (Lipinski definition) is 2. The fraction of sp³-hybridized carbons (Fsp3) is 0.538. The first-order chi connectivity index (χ1) is 16.6. The summed E-state index contributed by atoms with van der Waals surface area (Å²) in [5, 5.41) is 20.5. The number of aliphatic hydroxyl groups is 1. The molecule has 1 aliphatic heterocycles. The lowest BCUT2D eigenvalue weighted by molar-refractivity contribution is 0.0577. The van der Waals surface area contributed by atoms with Crippen LogP contribution < -0.4 is 10.6 Å². The monoisotopic (exact) mass is 476 g/mol. The number of hydrogen-bond acceptors (Lipinski definition) is 7. The predicted octanol–water partition coefficient (Wildman–Crippen LogP) is 3.86. The van der Waals surface area contributed by atoms with Gasteiger partial charge in [0.25, 0.3) is 0 Å². The van der Waals surface area contributed by atoms with Gasteiger partial charge in [0.05, 0.1) is 29.5 Å². The zero-order valence-corrected chi connectivity index (χ0v) is 21.4. The summed E-state index contributed by atoms with van der Waals surface area (Å²) in [5.41, 5.74) is 10.8. The van der Waals surface area contributed by atoms with E-state index in [9.17, 15) is 5.11 Å². The van der Waals surface area contributed by atoms with Crippen LogP contribution in [0.2, 0.25) is 0 Å². The second-order valence-electron chi connectivity index (χ2n) is 10.7. The molecule has 186 valence electrons. The molecule has 3 N–H and O–H groups in total. The van der Waals surface area contributed by atoms with Crippen LogP contribution in [0.1, 0.15) is 69.8 Å². The molecule has 0 saturated carbocycles. The van der Waals surface area contributed by atoms with E-state index >= 15 is 0 Å². The number of nitrogen functional groups attached to an aromatic ring is 1. The highest BCUT2D eigenvalue weighted by molar-refractivity contribution is 5.93. The summed E-state index contributed by atoms with van der Waals surface area (Å²) in [6, 6.07) is 4.70. The van der Waals surface area contributed by atoms with Crippen molar-refractivity contribution in [3.8, 4) is 0 Å². The summed E-state index contributed by atoms with van der Waals surface area (Å²) in [6.45, 7) is 11.4. The zero-order chi connectivity index (χ0) is 24.9. The van der Waals surface area contributed by atoms with Crippen molar-refractivity contribution in [2.45, 2.75) is 84.4 Å². The van der Waals surface area contributed by atoms with Crippen molar-refractivity contribution in [2.24, 2.45) is 0 Å². The molecular weight excluding hydrogens is 440 g/mol. The Bertz CT molecular complexity index is 1370. The van der Waals surface area contributed by atoms with Gasteiger partial charge in [-0.1, -0.05) is 13.3 Å². The van der Waals surface area contributed by atoms with E-state index in [1.54, 1.807) is 18.4 Å². The van der Waals surface area contributed by atoms with Crippen LogP contribution in [0.3, 0.4) is 0 Å². The van der Waals surface area contributed by atoms with Crippen LogP contribution >= 0.6 is 0 Å². The van der Waals surface area contributed by atoms with E-state index in [-0.39, 0.29) is 5.92 Å². The minimum Gasteiger partial charge on any atom is -0.389 e. The summed E-state index contributed by atoms with van der Waals surface area (Å²) >= 11 is 0.